The number of pyridine rings is 1. The SMILES string of the molecule is CCC(C)(C(NN)c1ncccc1OC)N1CCOCC1. The van der Waals surface area contributed by atoms with Gasteiger partial charge in [-0.1, -0.05) is 6.92 Å². The predicted octanol–water partition coefficient (Wildman–Crippen LogP) is 1.10. The highest BCUT2D eigenvalue weighted by Gasteiger charge is 2.41. The third-order valence-corrected chi connectivity index (χ3v) is 4.53. The van der Waals surface area contributed by atoms with Gasteiger partial charge < -0.3 is 9.47 Å². The third kappa shape index (κ3) is 3.18. The van der Waals surface area contributed by atoms with E-state index in [1.807, 2.05) is 12.1 Å². The Labute approximate surface area is 126 Å². The molecule has 1 aliphatic heterocycles. The molecule has 0 amide bonds. The summed E-state index contributed by atoms with van der Waals surface area (Å²) < 4.78 is 10.9. The molecule has 1 fully saturated rings. The summed E-state index contributed by atoms with van der Waals surface area (Å²) in [5, 5.41) is 0. The van der Waals surface area contributed by atoms with Gasteiger partial charge in [0.25, 0.3) is 0 Å². The predicted molar refractivity (Wildman–Crippen MR) is 81.9 cm³/mol. The van der Waals surface area contributed by atoms with Gasteiger partial charge in [-0.3, -0.25) is 15.7 Å². The van der Waals surface area contributed by atoms with Crippen LogP contribution in [0.2, 0.25) is 0 Å². The molecule has 1 aromatic rings. The molecule has 6 nitrogen and oxygen atoms in total. The molecule has 0 bridgehead atoms. The lowest BCUT2D eigenvalue weighted by Crippen LogP contribution is -2.58. The molecule has 0 spiro atoms. The second-order valence-electron chi connectivity index (χ2n) is 5.50. The highest BCUT2D eigenvalue weighted by molar-refractivity contribution is 5.32. The Bertz CT molecular complexity index is 451. The van der Waals surface area contributed by atoms with Gasteiger partial charge in [-0.25, -0.2) is 5.43 Å². The molecule has 0 saturated carbocycles. The summed E-state index contributed by atoms with van der Waals surface area (Å²) in [4.78, 5) is 6.93. The molecule has 118 valence electrons. The van der Waals surface area contributed by atoms with Crippen molar-refractivity contribution >= 4 is 0 Å². The number of nitrogens with two attached hydrogens (primary N) is 1. The van der Waals surface area contributed by atoms with Gasteiger partial charge >= 0.3 is 0 Å². The zero-order valence-electron chi connectivity index (χ0n) is 13.1. The number of hydrogen-bond acceptors (Lipinski definition) is 6. The molecule has 1 aliphatic rings. The summed E-state index contributed by atoms with van der Waals surface area (Å²) in [5.74, 6) is 6.65. The molecule has 0 radical (unpaired) electrons. The van der Waals surface area contributed by atoms with E-state index in [2.05, 4.69) is 29.2 Å². The van der Waals surface area contributed by atoms with Crippen LogP contribution in [0.15, 0.2) is 18.3 Å². The Balaban J connectivity index is 2.36. The highest BCUT2D eigenvalue weighted by Crippen LogP contribution is 2.36. The number of hydrogen-bond donors (Lipinski definition) is 2. The third-order valence-electron chi connectivity index (χ3n) is 4.53. The molecule has 6 heteroatoms. The van der Waals surface area contributed by atoms with Crippen LogP contribution in [0, 0.1) is 0 Å². The lowest BCUT2D eigenvalue weighted by Gasteiger charge is -2.47. The largest absolute Gasteiger partial charge is 0.495 e. The van der Waals surface area contributed by atoms with Crippen molar-refractivity contribution in [3.8, 4) is 5.75 Å². The number of nitrogens with zero attached hydrogens (tertiary/aromatic N) is 2. The average molecular weight is 294 g/mol. The van der Waals surface area contributed by atoms with E-state index in [4.69, 9.17) is 15.3 Å². The van der Waals surface area contributed by atoms with Gasteiger partial charge in [0.2, 0.25) is 0 Å². The first kappa shape index (κ1) is 16.2. The van der Waals surface area contributed by atoms with Crippen LogP contribution in [-0.4, -0.2) is 48.8 Å². The maximum atomic E-state index is 5.89. The van der Waals surface area contributed by atoms with Crippen LogP contribution in [-0.2, 0) is 4.74 Å². The zero-order valence-corrected chi connectivity index (χ0v) is 13.1. The summed E-state index contributed by atoms with van der Waals surface area (Å²) >= 11 is 0. The van der Waals surface area contributed by atoms with Crippen LogP contribution in [0.1, 0.15) is 32.0 Å². The van der Waals surface area contributed by atoms with Gasteiger partial charge in [0.05, 0.1) is 26.4 Å². The summed E-state index contributed by atoms with van der Waals surface area (Å²) in [6.45, 7) is 7.71. The number of aromatic nitrogens is 1. The van der Waals surface area contributed by atoms with Crippen molar-refractivity contribution in [1.82, 2.24) is 15.3 Å². The van der Waals surface area contributed by atoms with Crippen LogP contribution in [0.3, 0.4) is 0 Å². The van der Waals surface area contributed by atoms with Crippen molar-refractivity contribution in [1.29, 1.82) is 0 Å². The van der Waals surface area contributed by atoms with Crippen LogP contribution >= 0.6 is 0 Å². The van der Waals surface area contributed by atoms with Crippen molar-refractivity contribution in [2.75, 3.05) is 33.4 Å². The molecule has 2 atom stereocenters. The first-order chi connectivity index (χ1) is 10.2. The van der Waals surface area contributed by atoms with E-state index in [-0.39, 0.29) is 11.6 Å². The van der Waals surface area contributed by atoms with Gasteiger partial charge in [-0.15, -0.1) is 0 Å². The molecule has 1 saturated heterocycles. The second kappa shape index (κ2) is 7.17. The maximum Gasteiger partial charge on any atom is 0.142 e. The van der Waals surface area contributed by atoms with Gasteiger partial charge in [0, 0.05) is 24.8 Å². The minimum Gasteiger partial charge on any atom is -0.495 e. The fraction of sp³-hybridized carbons (Fsp3) is 0.667. The first-order valence-electron chi connectivity index (χ1n) is 7.45. The molecule has 2 heterocycles. The summed E-state index contributed by atoms with van der Waals surface area (Å²) in [6, 6.07) is 3.67. The number of methoxy groups -OCH3 is 1. The Morgan fingerprint density at radius 2 is 2.24 bits per heavy atom. The lowest BCUT2D eigenvalue weighted by molar-refractivity contribution is -0.0337. The molecule has 21 heavy (non-hydrogen) atoms. The fourth-order valence-electron chi connectivity index (χ4n) is 3.03. The Morgan fingerprint density at radius 1 is 1.52 bits per heavy atom. The average Bonchev–Trinajstić information content (AvgIpc) is 2.56. The van der Waals surface area contributed by atoms with Crippen molar-refractivity contribution in [2.24, 2.45) is 5.84 Å². The fourth-order valence-corrected chi connectivity index (χ4v) is 3.03. The molecule has 2 rings (SSSR count). The van der Waals surface area contributed by atoms with Crippen LogP contribution in [0.25, 0.3) is 0 Å². The molecular formula is C15H26N4O2. The Morgan fingerprint density at radius 3 is 2.81 bits per heavy atom. The molecule has 0 aromatic carbocycles. The minimum absolute atomic E-state index is 0.114. The highest BCUT2D eigenvalue weighted by atomic mass is 16.5. The van der Waals surface area contributed by atoms with Crippen LogP contribution in [0.4, 0.5) is 0 Å². The monoisotopic (exact) mass is 294 g/mol. The van der Waals surface area contributed by atoms with Crippen LogP contribution in [0.5, 0.6) is 5.75 Å². The molecule has 0 aliphatic carbocycles. The van der Waals surface area contributed by atoms with E-state index in [0.717, 1.165) is 44.2 Å². The standard InChI is InChI=1S/C15H26N4O2/c1-4-15(2,19-8-10-21-11-9-19)14(18-16)13-12(20-3)6-5-7-17-13/h5-7,14,18H,4,8-11,16H2,1-3H3. The lowest BCUT2D eigenvalue weighted by atomic mass is 9.84. The maximum absolute atomic E-state index is 5.89. The van der Waals surface area contributed by atoms with Gasteiger partial charge in [0.1, 0.15) is 11.4 Å². The topological polar surface area (TPSA) is 72.6 Å². The van der Waals surface area contributed by atoms with E-state index >= 15 is 0 Å². The summed E-state index contributed by atoms with van der Waals surface area (Å²) in [7, 11) is 1.66. The van der Waals surface area contributed by atoms with Gasteiger partial charge in [-0.2, -0.15) is 0 Å². The first-order valence-corrected chi connectivity index (χ1v) is 7.45. The normalized spacial score (nSPS) is 20.8. The Kier molecular flexibility index (Phi) is 5.52. The van der Waals surface area contributed by atoms with Crippen molar-refractivity contribution in [2.45, 2.75) is 31.8 Å². The van der Waals surface area contributed by atoms with Crippen molar-refractivity contribution in [3.05, 3.63) is 24.0 Å². The van der Waals surface area contributed by atoms with E-state index in [1.165, 1.54) is 0 Å². The quantitative estimate of drug-likeness (QED) is 0.604. The van der Waals surface area contributed by atoms with E-state index in [1.54, 1.807) is 13.3 Å². The summed E-state index contributed by atoms with van der Waals surface area (Å²) in [6.07, 6.45) is 2.72. The number of nitrogens with one attached hydrogen (secondary N) is 1. The smallest absolute Gasteiger partial charge is 0.142 e. The zero-order chi connectivity index (χ0) is 15.3. The van der Waals surface area contributed by atoms with E-state index in [0.29, 0.717) is 0 Å². The number of morpholine rings is 1. The Hall–Kier alpha value is -1.21. The number of ether oxygens (including phenoxy) is 2. The molecule has 3 N–H and O–H groups in total. The number of rotatable bonds is 6. The van der Waals surface area contributed by atoms with Gasteiger partial charge in [-0.05, 0) is 25.5 Å². The molecule has 2 unspecified atom stereocenters. The minimum atomic E-state index is -0.153. The van der Waals surface area contributed by atoms with Gasteiger partial charge in [0.15, 0.2) is 0 Å². The summed E-state index contributed by atoms with van der Waals surface area (Å²) in [5.41, 5.74) is 3.65. The molecule has 1 aromatic heterocycles. The van der Waals surface area contributed by atoms with Crippen molar-refractivity contribution in [3.63, 3.8) is 0 Å². The van der Waals surface area contributed by atoms with Crippen molar-refractivity contribution < 1.29 is 9.47 Å². The van der Waals surface area contributed by atoms with E-state index < -0.39 is 0 Å². The van der Waals surface area contributed by atoms with Crippen LogP contribution < -0.4 is 16.0 Å². The van der Waals surface area contributed by atoms with E-state index in [9.17, 15) is 0 Å². The number of hydrazine groups is 1. The second-order valence-corrected chi connectivity index (χ2v) is 5.50. The molecular weight excluding hydrogens is 268 g/mol.